The van der Waals surface area contributed by atoms with Crippen LogP contribution < -0.4 is 21.3 Å². The van der Waals surface area contributed by atoms with Crippen molar-refractivity contribution in [2.45, 2.75) is 64.0 Å². The van der Waals surface area contributed by atoms with Gasteiger partial charge in [0.15, 0.2) is 0 Å². The molecule has 0 aromatic heterocycles. The molecule has 0 atom stereocenters. The molecule has 34 heavy (non-hydrogen) atoms. The van der Waals surface area contributed by atoms with Gasteiger partial charge in [-0.15, -0.1) is 62.0 Å². The Morgan fingerprint density at radius 2 is 1.18 bits per heavy atom. The van der Waals surface area contributed by atoms with E-state index in [2.05, 4.69) is 50.4 Å². The van der Waals surface area contributed by atoms with Gasteiger partial charge >= 0.3 is 0 Å². The maximum Gasteiger partial charge on any atom is 0.0342 e. The number of anilines is 1. The van der Waals surface area contributed by atoms with Crippen LogP contribution in [0.3, 0.4) is 0 Å². The van der Waals surface area contributed by atoms with Crippen molar-refractivity contribution in [1.82, 2.24) is 20.9 Å². The summed E-state index contributed by atoms with van der Waals surface area (Å²) in [7, 11) is 0. The fourth-order valence-corrected chi connectivity index (χ4v) is 4.45. The van der Waals surface area contributed by atoms with Crippen LogP contribution in [0.4, 0.5) is 5.69 Å². The molecule has 4 N–H and O–H groups in total. The third kappa shape index (κ3) is 16.9. The largest absolute Gasteiger partial charge is 0.382 e. The number of hydrogen-bond acceptors (Lipinski definition) is 5. The molecule has 3 rings (SSSR count). The second kappa shape index (κ2) is 25.0. The third-order valence-electron chi connectivity index (χ3n) is 6.20. The standard InChI is InChI=1S/C24H43N5.5ClH/c1-2-4-8-23(7-3-1)28-24-11-9-22(10-12-24)21-29-19-6-15-26-17-16-25-13-5-14-27-18-20-29;;;;;/h9-12,23,25-28H,1-8,13-21H2;5*1H. The monoisotopic (exact) mass is 581 g/mol. The normalized spacial score (nSPS) is 19.2. The molecule has 1 heterocycles. The molecule has 1 saturated heterocycles. The second-order valence-electron chi connectivity index (χ2n) is 8.76. The van der Waals surface area contributed by atoms with Gasteiger partial charge < -0.3 is 21.3 Å². The number of halogens is 5. The molecule has 0 spiro atoms. The minimum Gasteiger partial charge on any atom is -0.382 e. The summed E-state index contributed by atoms with van der Waals surface area (Å²) in [6.07, 6.45) is 10.6. The van der Waals surface area contributed by atoms with Crippen molar-refractivity contribution < 1.29 is 0 Å². The van der Waals surface area contributed by atoms with Gasteiger partial charge in [0.1, 0.15) is 0 Å². The Labute approximate surface area is 239 Å². The molecule has 1 aromatic carbocycles. The van der Waals surface area contributed by atoms with Gasteiger partial charge in [0, 0.05) is 44.5 Å². The highest BCUT2D eigenvalue weighted by atomic mass is 35.5. The van der Waals surface area contributed by atoms with Crippen LogP contribution in [0.25, 0.3) is 0 Å². The minimum absolute atomic E-state index is 0. The molecule has 5 nitrogen and oxygen atoms in total. The maximum absolute atomic E-state index is 3.77. The van der Waals surface area contributed by atoms with Crippen LogP contribution in [0, 0.1) is 0 Å². The summed E-state index contributed by atoms with van der Waals surface area (Å²) in [5.74, 6) is 0. The third-order valence-corrected chi connectivity index (χ3v) is 6.20. The summed E-state index contributed by atoms with van der Waals surface area (Å²) in [4.78, 5) is 2.60. The van der Waals surface area contributed by atoms with Gasteiger partial charge in [-0.25, -0.2) is 0 Å². The van der Waals surface area contributed by atoms with Gasteiger partial charge in [-0.3, -0.25) is 4.90 Å². The Bertz CT molecular complexity index is 531. The van der Waals surface area contributed by atoms with Crippen LogP contribution in [-0.4, -0.2) is 63.3 Å². The molecule has 10 heteroatoms. The lowest BCUT2D eigenvalue weighted by Crippen LogP contribution is -2.36. The molecule has 2 fully saturated rings. The maximum atomic E-state index is 3.77. The average Bonchev–Trinajstić information content (AvgIpc) is 3.01. The van der Waals surface area contributed by atoms with Gasteiger partial charge in [0.05, 0.1) is 0 Å². The van der Waals surface area contributed by atoms with Crippen LogP contribution in [0.2, 0.25) is 0 Å². The lowest BCUT2D eigenvalue weighted by Gasteiger charge is -2.24. The summed E-state index contributed by atoms with van der Waals surface area (Å²) in [6.45, 7) is 9.88. The van der Waals surface area contributed by atoms with Crippen molar-refractivity contribution in [3.63, 3.8) is 0 Å². The second-order valence-corrected chi connectivity index (χ2v) is 8.76. The van der Waals surface area contributed by atoms with Gasteiger partial charge in [0.2, 0.25) is 0 Å². The molecule has 0 bridgehead atoms. The summed E-state index contributed by atoms with van der Waals surface area (Å²) >= 11 is 0. The van der Waals surface area contributed by atoms with Crippen molar-refractivity contribution in [2.24, 2.45) is 0 Å². The summed E-state index contributed by atoms with van der Waals surface area (Å²) < 4.78 is 0. The fourth-order valence-electron chi connectivity index (χ4n) is 4.45. The Hall–Kier alpha value is 0.310. The van der Waals surface area contributed by atoms with E-state index in [4.69, 9.17) is 0 Å². The van der Waals surface area contributed by atoms with Gasteiger partial charge in [-0.1, -0.05) is 37.8 Å². The molecule has 2 aliphatic rings. The Kier molecular flexibility index (Phi) is 28.5. The van der Waals surface area contributed by atoms with Crippen LogP contribution in [0.5, 0.6) is 0 Å². The topological polar surface area (TPSA) is 51.4 Å². The summed E-state index contributed by atoms with van der Waals surface area (Å²) in [6, 6.07) is 9.89. The predicted octanol–water partition coefficient (Wildman–Crippen LogP) is 5.29. The lowest BCUT2D eigenvalue weighted by atomic mass is 10.1. The first-order valence-electron chi connectivity index (χ1n) is 12.1. The van der Waals surface area contributed by atoms with Crippen molar-refractivity contribution >= 4 is 67.7 Å². The Morgan fingerprint density at radius 3 is 1.79 bits per heavy atom. The van der Waals surface area contributed by atoms with Gasteiger partial charge in [0.25, 0.3) is 0 Å². The van der Waals surface area contributed by atoms with E-state index in [1.807, 2.05) is 0 Å². The number of hydrogen-bond donors (Lipinski definition) is 4. The van der Waals surface area contributed by atoms with Crippen LogP contribution in [0.15, 0.2) is 24.3 Å². The molecule has 1 saturated carbocycles. The Balaban J connectivity index is -0.00000192. The predicted molar refractivity (Wildman–Crippen MR) is 161 cm³/mol. The molecular weight excluding hydrogens is 536 g/mol. The molecule has 1 aromatic rings. The molecule has 1 aliphatic carbocycles. The first kappa shape index (κ1) is 38.8. The minimum atomic E-state index is 0. The Morgan fingerprint density at radius 1 is 0.618 bits per heavy atom. The van der Waals surface area contributed by atoms with Crippen LogP contribution >= 0.6 is 62.0 Å². The molecule has 0 amide bonds. The van der Waals surface area contributed by atoms with Gasteiger partial charge in [-0.05, 0) is 69.6 Å². The number of rotatable bonds is 4. The number of nitrogens with one attached hydrogen (secondary N) is 4. The smallest absolute Gasteiger partial charge is 0.0342 e. The van der Waals surface area contributed by atoms with E-state index in [0.717, 1.165) is 58.9 Å². The van der Waals surface area contributed by atoms with E-state index < -0.39 is 0 Å². The fraction of sp³-hybridized carbons (Fsp3) is 0.750. The highest BCUT2D eigenvalue weighted by Gasteiger charge is 2.12. The summed E-state index contributed by atoms with van der Waals surface area (Å²) in [5.41, 5.74) is 2.72. The highest BCUT2D eigenvalue weighted by molar-refractivity contribution is 5.86. The van der Waals surface area contributed by atoms with E-state index >= 15 is 0 Å². The first-order chi connectivity index (χ1) is 14.4. The van der Waals surface area contributed by atoms with Gasteiger partial charge in [-0.2, -0.15) is 0 Å². The number of nitrogens with zero attached hydrogens (tertiary/aromatic N) is 1. The van der Waals surface area contributed by atoms with E-state index in [1.54, 1.807) is 0 Å². The zero-order valence-corrected chi connectivity index (χ0v) is 24.5. The van der Waals surface area contributed by atoms with Crippen LogP contribution in [0.1, 0.15) is 56.9 Å². The van der Waals surface area contributed by atoms with E-state index in [0.29, 0.717) is 6.04 Å². The molecule has 0 radical (unpaired) electrons. The lowest BCUT2D eigenvalue weighted by molar-refractivity contribution is 0.260. The quantitative estimate of drug-likeness (QED) is 0.363. The zero-order valence-electron chi connectivity index (χ0n) is 20.4. The zero-order chi connectivity index (χ0) is 20.0. The van der Waals surface area contributed by atoms with E-state index in [-0.39, 0.29) is 62.0 Å². The van der Waals surface area contributed by atoms with Crippen molar-refractivity contribution in [2.75, 3.05) is 57.7 Å². The average molecular weight is 584 g/mol. The van der Waals surface area contributed by atoms with Crippen LogP contribution in [-0.2, 0) is 6.54 Å². The van der Waals surface area contributed by atoms with E-state index in [1.165, 1.54) is 62.6 Å². The molecule has 204 valence electrons. The molecule has 1 aliphatic heterocycles. The summed E-state index contributed by atoms with van der Waals surface area (Å²) in [5, 5.41) is 14.4. The van der Waals surface area contributed by atoms with Crippen molar-refractivity contribution in [1.29, 1.82) is 0 Å². The molecular formula is C24H48Cl5N5. The highest BCUT2D eigenvalue weighted by Crippen LogP contribution is 2.21. The van der Waals surface area contributed by atoms with Crippen molar-refractivity contribution in [3.8, 4) is 0 Å². The molecule has 0 unspecified atom stereocenters. The van der Waals surface area contributed by atoms with Crippen molar-refractivity contribution in [3.05, 3.63) is 29.8 Å². The number of benzene rings is 1. The van der Waals surface area contributed by atoms with E-state index in [9.17, 15) is 0 Å². The SMILES string of the molecule is Cl.Cl.Cl.Cl.Cl.c1cc(NC2CCCCCC2)ccc1CN1CCCNCCNCCCNCC1. The first-order valence-corrected chi connectivity index (χ1v) is 12.1.